The van der Waals surface area contributed by atoms with Gasteiger partial charge >= 0.3 is 11.9 Å². The maximum atomic E-state index is 11.6. The van der Waals surface area contributed by atoms with Gasteiger partial charge in [-0.2, -0.15) is 0 Å². The van der Waals surface area contributed by atoms with Crippen molar-refractivity contribution in [2.45, 2.75) is 13.8 Å². The first kappa shape index (κ1) is 13.8. The summed E-state index contributed by atoms with van der Waals surface area (Å²) in [5, 5.41) is 1.40. The van der Waals surface area contributed by atoms with Crippen molar-refractivity contribution in [2.75, 3.05) is 0 Å². The highest BCUT2D eigenvalue weighted by molar-refractivity contribution is 5.97. The van der Waals surface area contributed by atoms with Crippen molar-refractivity contribution in [2.24, 2.45) is 0 Å². The van der Waals surface area contributed by atoms with E-state index in [1.807, 2.05) is 0 Å². The molecule has 102 valence electrons. The molecule has 0 saturated heterocycles. The number of ether oxygens (including phenoxy) is 2. The molecule has 0 saturated carbocycles. The van der Waals surface area contributed by atoms with E-state index in [2.05, 4.69) is 6.58 Å². The molecule has 0 aliphatic carbocycles. The van der Waals surface area contributed by atoms with Crippen molar-refractivity contribution in [3.63, 3.8) is 0 Å². The second-order valence-corrected chi connectivity index (χ2v) is 4.37. The third kappa shape index (κ3) is 2.85. The molecule has 4 nitrogen and oxygen atoms in total. The Balaban J connectivity index is 2.50. The number of benzene rings is 2. The minimum absolute atomic E-state index is 0.318. The molecule has 0 aromatic heterocycles. The maximum absolute atomic E-state index is 11.6. The van der Waals surface area contributed by atoms with Crippen LogP contribution in [-0.2, 0) is 9.59 Å². The zero-order chi connectivity index (χ0) is 14.7. The van der Waals surface area contributed by atoms with E-state index in [1.165, 1.54) is 6.92 Å². The SMILES string of the molecule is C=C(C)C(=O)Oc1cccc2c(OC(C)=O)cccc12. The van der Waals surface area contributed by atoms with Crippen LogP contribution in [0.15, 0.2) is 48.6 Å². The normalized spacial score (nSPS) is 10.1. The van der Waals surface area contributed by atoms with Crippen LogP contribution in [0.1, 0.15) is 13.8 Å². The summed E-state index contributed by atoms with van der Waals surface area (Å²) in [5.41, 5.74) is 0.318. The first-order chi connectivity index (χ1) is 9.49. The smallest absolute Gasteiger partial charge is 0.338 e. The summed E-state index contributed by atoms with van der Waals surface area (Å²) >= 11 is 0. The molecule has 20 heavy (non-hydrogen) atoms. The minimum Gasteiger partial charge on any atom is -0.426 e. The number of fused-ring (bicyclic) bond motifs is 1. The van der Waals surface area contributed by atoms with E-state index >= 15 is 0 Å². The lowest BCUT2D eigenvalue weighted by Gasteiger charge is -2.10. The van der Waals surface area contributed by atoms with Gasteiger partial charge in [0.05, 0.1) is 0 Å². The molecule has 0 aliphatic heterocycles. The van der Waals surface area contributed by atoms with Crippen molar-refractivity contribution >= 4 is 22.7 Å². The van der Waals surface area contributed by atoms with Gasteiger partial charge in [0.1, 0.15) is 11.5 Å². The molecule has 0 N–H and O–H groups in total. The quantitative estimate of drug-likeness (QED) is 0.488. The zero-order valence-electron chi connectivity index (χ0n) is 11.3. The molecular weight excluding hydrogens is 256 g/mol. The third-order valence-corrected chi connectivity index (χ3v) is 2.65. The van der Waals surface area contributed by atoms with Crippen molar-refractivity contribution in [1.29, 1.82) is 0 Å². The predicted octanol–water partition coefficient (Wildman–Crippen LogP) is 3.25. The predicted molar refractivity (Wildman–Crippen MR) is 75.7 cm³/mol. The average molecular weight is 270 g/mol. The summed E-state index contributed by atoms with van der Waals surface area (Å²) in [6.45, 7) is 6.46. The topological polar surface area (TPSA) is 52.6 Å². The van der Waals surface area contributed by atoms with Crippen molar-refractivity contribution in [3.8, 4) is 11.5 Å². The van der Waals surface area contributed by atoms with Gasteiger partial charge in [0, 0.05) is 23.3 Å². The number of esters is 2. The molecule has 0 unspecified atom stereocenters. The molecule has 2 aromatic carbocycles. The van der Waals surface area contributed by atoms with Crippen molar-refractivity contribution in [1.82, 2.24) is 0 Å². The van der Waals surface area contributed by atoms with Crippen LogP contribution in [0.5, 0.6) is 11.5 Å². The molecule has 0 radical (unpaired) electrons. The largest absolute Gasteiger partial charge is 0.426 e. The van der Waals surface area contributed by atoms with E-state index in [1.54, 1.807) is 43.3 Å². The van der Waals surface area contributed by atoms with Crippen molar-refractivity contribution < 1.29 is 19.1 Å². The number of hydrogen-bond acceptors (Lipinski definition) is 4. The molecular formula is C16H14O4. The van der Waals surface area contributed by atoms with Gasteiger partial charge in [-0.1, -0.05) is 30.8 Å². The van der Waals surface area contributed by atoms with E-state index < -0.39 is 11.9 Å². The summed E-state index contributed by atoms with van der Waals surface area (Å²) in [4.78, 5) is 22.7. The van der Waals surface area contributed by atoms with Gasteiger partial charge < -0.3 is 9.47 Å². The van der Waals surface area contributed by atoms with E-state index in [9.17, 15) is 9.59 Å². The highest BCUT2D eigenvalue weighted by Crippen LogP contribution is 2.32. The van der Waals surface area contributed by atoms with E-state index in [0.717, 1.165) is 0 Å². The molecule has 0 fully saturated rings. The fourth-order valence-corrected chi connectivity index (χ4v) is 1.77. The summed E-state index contributed by atoms with van der Waals surface area (Å²) < 4.78 is 10.4. The van der Waals surface area contributed by atoms with E-state index in [0.29, 0.717) is 27.8 Å². The average Bonchev–Trinajstić information content (AvgIpc) is 2.39. The molecule has 0 aliphatic rings. The van der Waals surface area contributed by atoms with Gasteiger partial charge in [0.25, 0.3) is 0 Å². The zero-order valence-corrected chi connectivity index (χ0v) is 11.3. The summed E-state index contributed by atoms with van der Waals surface area (Å²) in [6.07, 6.45) is 0. The third-order valence-electron chi connectivity index (χ3n) is 2.65. The lowest BCUT2D eigenvalue weighted by Crippen LogP contribution is -2.08. The Morgan fingerprint density at radius 2 is 1.40 bits per heavy atom. The Morgan fingerprint density at radius 1 is 0.900 bits per heavy atom. The lowest BCUT2D eigenvalue weighted by atomic mass is 10.1. The Kier molecular flexibility index (Phi) is 3.84. The van der Waals surface area contributed by atoms with E-state index in [4.69, 9.17) is 9.47 Å². The van der Waals surface area contributed by atoms with Gasteiger partial charge in [-0.3, -0.25) is 4.79 Å². The summed E-state index contributed by atoms with van der Waals surface area (Å²) in [5.74, 6) is -0.0510. The van der Waals surface area contributed by atoms with Gasteiger partial charge in [-0.15, -0.1) is 0 Å². The van der Waals surface area contributed by atoms with Crippen LogP contribution in [0.3, 0.4) is 0 Å². The second-order valence-electron chi connectivity index (χ2n) is 4.37. The lowest BCUT2D eigenvalue weighted by molar-refractivity contribution is -0.132. The Hall–Kier alpha value is -2.62. The van der Waals surface area contributed by atoms with Crippen LogP contribution in [0, 0.1) is 0 Å². The van der Waals surface area contributed by atoms with Crippen LogP contribution < -0.4 is 9.47 Å². The number of carbonyl (C=O) groups excluding carboxylic acids is 2. The van der Waals surface area contributed by atoms with Crippen LogP contribution in [0.4, 0.5) is 0 Å². The molecule has 4 heteroatoms. The first-order valence-electron chi connectivity index (χ1n) is 6.07. The minimum atomic E-state index is -0.490. The fraction of sp³-hybridized carbons (Fsp3) is 0.125. The Bertz CT molecular complexity index is 701. The molecule has 0 heterocycles. The standard InChI is InChI=1S/C16H14O4/c1-10(2)16(18)20-15-9-5-6-12-13(15)7-4-8-14(12)19-11(3)17/h4-9H,1H2,2-3H3. The number of rotatable bonds is 3. The van der Waals surface area contributed by atoms with Crippen LogP contribution in [0.2, 0.25) is 0 Å². The number of carbonyl (C=O) groups is 2. The molecule has 0 atom stereocenters. The fourth-order valence-electron chi connectivity index (χ4n) is 1.77. The van der Waals surface area contributed by atoms with Gasteiger partial charge in [-0.25, -0.2) is 4.79 Å². The van der Waals surface area contributed by atoms with E-state index in [-0.39, 0.29) is 0 Å². The van der Waals surface area contributed by atoms with Crippen LogP contribution in [0.25, 0.3) is 10.8 Å². The molecule has 0 amide bonds. The number of hydrogen-bond donors (Lipinski definition) is 0. The highest BCUT2D eigenvalue weighted by Gasteiger charge is 2.11. The summed E-state index contributed by atoms with van der Waals surface area (Å²) in [7, 11) is 0. The second kappa shape index (κ2) is 5.57. The van der Waals surface area contributed by atoms with Gasteiger partial charge in [0.2, 0.25) is 0 Å². The Morgan fingerprint density at radius 3 is 1.85 bits per heavy atom. The molecule has 0 spiro atoms. The van der Waals surface area contributed by atoms with Crippen LogP contribution >= 0.6 is 0 Å². The first-order valence-corrected chi connectivity index (χ1v) is 6.07. The van der Waals surface area contributed by atoms with Crippen LogP contribution in [-0.4, -0.2) is 11.9 Å². The Labute approximate surface area is 116 Å². The molecule has 2 rings (SSSR count). The molecule has 0 bridgehead atoms. The molecule has 2 aromatic rings. The van der Waals surface area contributed by atoms with Crippen molar-refractivity contribution in [3.05, 3.63) is 48.6 Å². The van der Waals surface area contributed by atoms with Gasteiger partial charge in [-0.05, 0) is 19.1 Å². The highest BCUT2D eigenvalue weighted by atomic mass is 16.5. The maximum Gasteiger partial charge on any atom is 0.338 e. The van der Waals surface area contributed by atoms with Gasteiger partial charge in [0.15, 0.2) is 0 Å². The summed E-state index contributed by atoms with van der Waals surface area (Å²) in [6, 6.07) is 10.4. The monoisotopic (exact) mass is 270 g/mol.